The molecule has 0 N–H and O–H groups in total. The van der Waals surface area contributed by atoms with E-state index in [4.69, 9.17) is 27.9 Å². The fraction of sp³-hybridized carbons (Fsp3) is 0.333. The van der Waals surface area contributed by atoms with Crippen LogP contribution in [0, 0.1) is 11.8 Å². The van der Waals surface area contributed by atoms with Crippen LogP contribution in [-0.2, 0) is 19.1 Å². The standard InChI is InChI=1S/C18H15Cl2NO5/c19-13-6-5-10(7-14(13)20)15(22)9-26-16(23)8-21-17(24)11-3-1-2-4-12(11)18(21)25/h1-2,5-7,11-12H,3-4,8-9H2. The van der Waals surface area contributed by atoms with Crippen molar-refractivity contribution < 1.29 is 23.9 Å². The molecule has 2 unspecified atom stereocenters. The zero-order valence-electron chi connectivity index (χ0n) is 13.6. The van der Waals surface area contributed by atoms with Gasteiger partial charge in [0.1, 0.15) is 6.54 Å². The summed E-state index contributed by atoms with van der Waals surface area (Å²) in [4.78, 5) is 49.5. The number of imide groups is 1. The topological polar surface area (TPSA) is 80.8 Å². The summed E-state index contributed by atoms with van der Waals surface area (Å²) >= 11 is 11.6. The second-order valence-corrected chi connectivity index (χ2v) is 6.95. The number of amides is 2. The maximum atomic E-state index is 12.3. The van der Waals surface area contributed by atoms with Crippen molar-refractivity contribution in [1.82, 2.24) is 4.90 Å². The molecule has 1 heterocycles. The highest BCUT2D eigenvalue weighted by Gasteiger charge is 2.47. The van der Waals surface area contributed by atoms with Gasteiger partial charge in [0, 0.05) is 5.56 Å². The highest BCUT2D eigenvalue weighted by atomic mass is 35.5. The van der Waals surface area contributed by atoms with Crippen molar-refractivity contribution >= 4 is 46.8 Å². The molecule has 1 aliphatic heterocycles. The molecule has 0 aromatic heterocycles. The van der Waals surface area contributed by atoms with Gasteiger partial charge >= 0.3 is 5.97 Å². The molecule has 2 atom stereocenters. The lowest BCUT2D eigenvalue weighted by Gasteiger charge is -2.14. The molecule has 136 valence electrons. The number of rotatable bonds is 5. The summed E-state index contributed by atoms with van der Waals surface area (Å²) in [5.74, 6) is -2.81. The summed E-state index contributed by atoms with van der Waals surface area (Å²) in [6.45, 7) is -0.999. The van der Waals surface area contributed by atoms with E-state index in [9.17, 15) is 19.2 Å². The Hall–Kier alpha value is -2.18. The molecule has 0 saturated carbocycles. The molecule has 2 amide bonds. The molecule has 1 fully saturated rings. The number of nitrogens with zero attached hydrogens (tertiary/aromatic N) is 1. The number of ketones is 1. The summed E-state index contributed by atoms with van der Waals surface area (Å²) in [5, 5.41) is 0.524. The summed E-state index contributed by atoms with van der Waals surface area (Å²) in [5.41, 5.74) is 0.248. The minimum atomic E-state index is -0.813. The maximum Gasteiger partial charge on any atom is 0.326 e. The molecule has 1 aliphatic carbocycles. The van der Waals surface area contributed by atoms with Crippen molar-refractivity contribution in [3.05, 3.63) is 46.0 Å². The monoisotopic (exact) mass is 395 g/mol. The van der Waals surface area contributed by atoms with Crippen molar-refractivity contribution in [3.63, 3.8) is 0 Å². The Balaban J connectivity index is 1.56. The first-order valence-corrected chi connectivity index (χ1v) is 8.78. The molecular formula is C18H15Cl2NO5. The molecule has 26 heavy (non-hydrogen) atoms. The van der Waals surface area contributed by atoms with E-state index >= 15 is 0 Å². The first-order chi connectivity index (χ1) is 12.4. The first-order valence-electron chi connectivity index (χ1n) is 8.02. The van der Waals surface area contributed by atoms with Gasteiger partial charge in [-0.3, -0.25) is 24.1 Å². The van der Waals surface area contributed by atoms with Gasteiger partial charge < -0.3 is 4.74 Å². The van der Waals surface area contributed by atoms with E-state index < -0.39 is 36.7 Å². The van der Waals surface area contributed by atoms with Gasteiger partial charge in [0.25, 0.3) is 0 Å². The molecule has 0 spiro atoms. The quantitative estimate of drug-likeness (QED) is 0.331. The predicted molar refractivity (Wildman–Crippen MR) is 93.8 cm³/mol. The zero-order chi connectivity index (χ0) is 18.8. The van der Waals surface area contributed by atoms with E-state index in [-0.39, 0.29) is 22.4 Å². The number of carbonyl (C=O) groups is 4. The number of esters is 1. The maximum absolute atomic E-state index is 12.3. The summed E-state index contributed by atoms with van der Waals surface area (Å²) in [6.07, 6.45) is 4.72. The fourth-order valence-corrected chi connectivity index (χ4v) is 3.40. The van der Waals surface area contributed by atoms with Crippen LogP contribution in [0.2, 0.25) is 10.0 Å². The van der Waals surface area contributed by atoms with E-state index in [1.807, 2.05) is 12.2 Å². The Morgan fingerprint density at radius 2 is 1.65 bits per heavy atom. The molecule has 0 radical (unpaired) electrons. The number of allylic oxidation sites excluding steroid dienone is 2. The number of fused-ring (bicyclic) bond motifs is 1. The Morgan fingerprint density at radius 1 is 1.04 bits per heavy atom. The molecule has 8 heteroatoms. The molecule has 1 aromatic carbocycles. The molecule has 0 bridgehead atoms. The largest absolute Gasteiger partial charge is 0.456 e. The summed E-state index contributed by atoms with van der Waals surface area (Å²) in [6, 6.07) is 4.32. The van der Waals surface area contributed by atoms with Crippen molar-refractivity contribution in [3.8, 4) is 0 Å². The lowest BCUT2D eigenvalue weighted by molar-refractivity contribution is -0.152. The van der Waals surface area contributed by atoms with Gasteiger partial charge in [-0.15, -0.1) is 0 Å². The lowest BCUT2D eigenvalue weighted by Crippen LogP contribution is -2.37. The zero-order valence-corrected chi connectivity index (χ0v) is 15.1. The van der Waals surface area contributed by atoms with Crippen LogP contribution >= 0.6 is 23.2 Å². The number of hydrogen-bond donors (Lipinski definition) is 0. The van der Waals surface area contributed by atoms with Crippen molar-refractivity contribution in [2.45, 2.75) is 12.8 Å². The Morgan fingerprint density at radius 3 is 2.23 bits per heavy atom. The van der Waals surface area contributed by atoms with Crippen LogP contribution in [0.15, 0.2) is 30.4 Å². The molecule has 1 saturated heterocycles. The molecule has 2 aliphatic rings. The minimum Gasteiger partial charge on any atom is -0.456 e. The molecule has 6 nitrogen and oxygen atoms in total. The van der Waals surface area contributed by atoms with E-state index in [1.165, 1.54) is 18.2 Å². The smallest absolute Gasteiger partial charge is 0.326 e. The van der Waals surface area contributed by atoms with E-state index in [0.717, 1.165) is 4.90 Å². The SMILES string of the molecule is O=C(CN1C(=O)C2CC=CCC2C1=O)OCC(=O)c1ccc(Cl)c(Cl)c1. The second kappa shape index (κ2) is 7.60. The normalized spacial score (nSPS) is 21.7. The van der Waals surface area contributed by atoms with E-state index in [0.29, 0.717) is 17.9 Å². The number of carbonyl (C=O) groups excluding carboxylic acids is 4. The van der Waals surface area contributed by atoms with Gasteiger partial charge in [-0.1, -0.05) is 35.4 Å². The number of halogens is 2. The summed E-state index contributed by atoms with van der Waals surface area (Å²) in [7, 11) is 0. The van der Waals surface area contributed by atoms with Crippen LogP contribution in [0.5, 0.6) is 0 Å². The highest BCUT2D eigenvalue weighted by Crippen LogP contribution is 2.34. The van der Waals surface area contributed by atoms with E-state index in [1.54, 1.807) is 0 Å². The van der Waals surface area contributed by atoms with Gasteiger partial charge in [-0.2, -0.15) is 0 Å². The molecule has 3 rings (SSSR count). The average Bonchev–Trinajstić information content (AvgIpc) is 2.87. The first kappa shape index (κ1) is 18.6. The van der Waals surface area contributed by atoms with Crippen LogP contribution in [0.25, 0.3) is 0 Å². The Kier molecular flexibility index (Phi) is 5.44. The van der Waals surface area contributed by atoms with Crippen LogP contribution in [-0.4, -0.2) is 41.6 Å². The third-order valence-corrected chi connectivity index (χ3v) is 5.23. The summed E-state index contributed by atoms with van der Waals surface area (Å²) < 4.78 is 4.91. The predicted octanol–water partition coefficient (Wildman–Crippen LogP) is 2.67. The van der Waals surface area contributed by atoms with Gasteiger partial charge in [-0.25, -0.2) is 0 Å². The minimum absolute atomic E-state index is 0.216. The van der Waals surface area contributed by atoms with E-state index in [2.05, 4.69) is 0 Å². The second-order valence-electron chi connectivity index (χ2n) is 6.13. The van der Waals surface area contributed by atoms with Crippen LogP contribution in [0.1, 0.15) is 23.2 Å². The fourth-order valence-electron chi connectivity index (χ4n) is 3.10. The van der Waals surface area contributed by atoms with Crippen molar-refractivity contribution in [1.29, 1.82) is 0 Å². The Labute approximate surface area is 159 Å². The number of benzene rings is 1. The van der Waals surface area contributed by atoms with Gasteiger partial charge in [0.05, 0.1) is 21.9 Å². The third kappa shape index (κ3) is 3.66. The van der Waals surface area contributed by atoms with Gasteiger partial charge in [0.2, 0.25) is 11.8 Å². The third-order valence-electron chi connectivity index (χ3n) is 4.49. The number of ether oxygens (including phenoxy) is 1. The van der Waals surface area contributed by atoms with Gasteiger partial charge in [-0.05, 0) is 31.0 Å². The van der Waals surface area contributed by atoms with Crippen LogP contribution < -0.4 is 0 Å². The molecule has 1 aromatic rings. The Bertz CT molecular complexity index is 794. The number of Topliss-reactive ketones (excluding diaryl/α,β-unsaturated/α-hetero) is 1. The van der Waals surface area contributed by atoms with Crippen LogP contribution in [0.3, 0.4) is 0 Å². The number of hydrogen-bond acceptors (Lipinski definition) is 5. The molecular weight excluding hydrogens is 381 g/mol. The van der Waals surface area contributed by atoms with Crippen LogP contribution in [0.4, 0.5) is 0 Å². The average molecular weight is 396 g/mol. The number of likely N-dealkylation sites (tertiary alicyclic amines) is 1. The van der Waals surface area contributed by atoms with Gasteiger partial charge in [0.15, 0.2) is 12.4 Å². The lowest BCUT2D eigenvalue weighted by atomic mass is 9.85. The van der Waals surface area contributed by atoms with Crippen molar-refractivity contribution in [2.24, 2.45) is 11.8 Å². The highest BCUT2D eigenvalue weighted by molar-refractivity contribution is 6.42. The van der Waals surface area contributed by atoms with Crippen molar-refractivity contribution in [2.75, 3.05) is 13.2 Å².